The van der Waals surface area contributed by atoms with Gasteiger partial charge in [-0.25, -0.2) is 0 Å². The van der Waals surface area contributed by atoms with Crippen LogP contribution in [0.15, 0.2) is 0 Å². The van der Waals surface area contributed by atoms with E-state index in [1.54, 1.807) is 0 Å². The topological polar surface area (TPSA) is 29.3 Å². The quantitative estimate of drug-likeness (QED) is 0.727. The van der Waals surface area contributed by atoms with E-state index in [0.717, 1.165) is 12.5 Å². The van der Waals surface area contributed by atoms with E-state index in [4.69, 9.17) is 5.73 Å². The van der Waals surface area contributed by atoms with Gasteiger partial charge in [0.25, 0.3) is 0 Å². The molecule has 1 aliphatic carbocycles. The molecule has 2 fully saturated rings. The molecule has 0 spiro atoms. The van der Waals surface area contributed by atoms with Gasteiger partial charge in [-0.05, 0) is 37.0 Å². The fraction of sp³-hybridized carbons (Fsp3) is 1.00. The van der Waals surface area contributed by atoms with Crippen LogP contribution in [0.3, 0.4) is 0 Å². The predicted molar refractivity (Wildman–Crippen MR) is 60.2 cm³/mol. The Morgan fingerprint density at radius 3 is 2.21 bits per heavy atom. The molecular formula is C12H24N2. The molecule has 2 rings (SSSR count). The van der Waals surface area contributed by atoms with Crippen LogP contribution in [0.5, 0.6) is 0 Å². The van der Waals surface area contributed by atoms with Gasteiger partial charge in [-0.15, -0.1) is 0 Å². The molecule has 1 unspecified atom stereocenters. The van der Waals surface area contributed by atoms with Crippen LogP contribution in [-0.2, 0) is 0 Å². The van der Waals surface area contributed by atoms with Crippen LogP contribution < -0.4 is 5.73 Å². The molecule has 0 aromatic carbocycles. The predicted octanol–water partition coefficient (Wildman–Crippen LogP) is 1.85. The number of nitrogens with two attached hydrogens (primary N) is 1. The molecule has 1 aliphatic heterocycles. The van der Waals surface area contributed by atoms with Gasteiger partial charge in [0.2, 0.25) is 0 Å². The van der Waals surface area contributed by atoms with Crippen molar-refractivity contribution < 1.29 is 0 Å². The van der Waals surface area contributed by atoms with Crippen LogP contribution in [0.1, 0.15) is 39.5 Å². The lowest BCUT2D eigenvalue weighted by molar-refractivity contribution is -0.0403. The molecule has 14 heavy (non-hydrogen) atoms. The van der Waals surface area contributed by atoms with Gasteiger partial charge in [-0.3, -0.25) is 4.90 Å². The minimum Gasteiger partial charge on any atom is -0.329 e. The van der Waals surface area contributed by atoms with Crippen LogP contribution in [0.4, 0.5) is 0 Å². The smallest absolute Gasteiger partial charge is 0.0247 e. The van der Waals surface area contributed by atoms with E-state index in [1.807, 2.05) is 0 Å². The van der Waals surface area contributed by atoms with Crippen LogP contribution in [0.25, 0.3) is 0 Å². The third-order valence-electron chi connectivity index (χ3n) is 4.45. The summed E-state index contributed by atoms with van der Waals surface area (Å²) in [6.45, 7) is 8.13. The van der Waals surface area contributed by atoms with Crippen LogP contribution in [-0.4, -0.2) is 30.6 Å². The highest BCUT2D eigenvalue weighted by Gasteiger charge is 2.46. The molecular weight excluding hydrogens is 172 g/mol. The van der Waals surface area contributed by atoms with Crippen molar-refractivity contribution >= 4 is 0 Å². The minimum atomic E-state index is 0.641. The molecule has 1 saturated carbocycles. The molecule has 2 heteroatoms. The van der Waals surface area contributed by atoms with Crippen molar-refractivity contribution in [3.05, 3.63) is 0 Å². The number of nitrogens with zero attached hydrogens (tertiary/aromatic N) is 1. The van der Waals surface area contributed by atoms with E-state index in [1.165, 1.54) is 38.8 Å². The molecule has 82 valence electrons. The van der Waals surface area contributed by atoms with E-state index >= 15 is 0 Å². The number of rotatable bonds is 5. The third kappa shape index (κ3) is 1.70. The van der Waals surface area contributed by atoms with E-state index < -0.39 is 0 Å². The van der Waals surface area contributed by atoms with Crippen LogP contribution >= 0.6 is 0 Å². The zero-order valence-electron chi connectivity index (χ0n) is 9.63. The minimum absolute atomic E-state index is 0.641. The van der Waals surface area contributed by atoms with Gasteiger partial charge in [0, 0.05) is 25.7 Å². The summed E-state index contributed by atoms with van der Waals surface area (Å²) in [5, 5.41) is 0. The lowest BCUT2D eigenvalue weighted by Gasteiger charge is -2.53. The van der Waals surface area contributed by atoms with Gasteiger partial charge in [0.15, 0.2) is 0 Å². The van der Waals surface area contributed by atoms with Gasteiger partial charge in [0.1, 0.15) is 0 Å². The first-order valence-corrected chi connectivity index (χ1v) is 6.19. The summed E-state index contributed by atoms with van der Waals surface area (Å²) in [7, 11) is 0. The highest BCUT2D eigenvalue weighted by atomic mass is 15.2. The Balaban J connectivity index is 1.85. The Hall–Kier alpha value is -0.0800. The summed E-state index contributed by atoms with van der Waals surface area (Å²) >= 11 is 0. The number of hydrogen-bond donors (Lipinski definition) is 1. The highest BCUT2D eigenvalue weighted by Crippen LogP contribution is 2.43. The van der Waals surface area contributed by atoms with Crippen LogP contribution in [0, 0.1) is 11.3 Å². The maximum Gasteiger partial charge on any atom is 0.0247 e. The molecule has 0 aromatic heterocycles. The summed E-state index contributed by atoms with van der Waals surface area (Å²) in [4.78, 5) is 2.63. The van der Waals surface area contributed by atoms with Crippen LogP contribution in [0.2, 0.25) is 0 Å². The Kier molecular flexibility index (Phi) is 2.85. The SMILES string of the molecule is CCC1(CC)CN(C(CN)C2CC2)C1. The summed E-state index contributed by atoms with van der Waals surface area (Å²) < 4.78 is 0. The Morgan fingerprint density at radius 1 is 1.29 bits per heavy atom. The average molecular weight is 196 g/mol. The maximum absolute atomic E-state index is 5.85. The first-order chi connectivity index (χ1) is 6.74. The summed E-state index contributed by atoms with van der Waals surface area (Å²) in [6.07, 6.45) is 5.51. The van der Waals surface area contributed by atoms with E-state index in [9.17, 15) is 0 Å². The van der Waals surface area contributed by atoms with Gasteiger partial charge in [0.05, 0.1) is 0 Å². The second-order valence-corrected chi connectivity index (χ2v) is 5.25. The molecule has 1 saturated heterocycles. The lowest BCUT2D eigenvalue weighted by atomic mass is 9.74. The highest BCUT2D eigenvalue weighted by molar-refractivity contribution is 5.00. The van der Waals surface area contributed by atoms with E-state index in [0.29, 0.717) is 11.5 Å². The zero-order valence-corrected chi connectivity index (χ0v) is 9.63. The van der Waals surface area contributed by atoms with Crippen molar-refractivity contribution in [2.45, 2.75) is 45.6 Å². The van der Waals surface area contributed by atoms with Gasteiger partial charge in [-0.2, -0.15) is 0 Å². The second kappa shape index (κ2) is 3.82. The van der Waals surface area contributed by atoms with Crippen molar-refractivity contribution in [1.82, 2.24) is 4.90 Å². The number of likely N-dealkylation sites (tertiary alicyclic amines) is 1. The summed E-state index contributed by atoms with van der Waals surface area (Å²) in [5.41, 5.74) is 6.50. The fourth-order valence-electron chi connectivity index (χ4n) is 2.87. The molecule has 0 radical (unpaired) electrons. The average Bonchev–Trinajstić information content (AvgIpc) is 2.94. The molecule has 0 amide bonds. The summed E-state index contributed by atoms with van der Waals surface area (Å²) in [5.74, 6) is 0.937. The van der Waals surface area contributed by atoms with Crippen molar-refractivity contribution in [1.29, 1.82) is 0 Å². The van der Waals surface area contributed by atoms with Crippen molar-refractivity contribution in [3.63, 3.8) is 0 Å². The van der Waals surface area contributed by atoms with Crippen molar-refractivity contribution in [3.8, 4) is 0 Å². The molecule has 2 nitrogen and oxygen atoms in total. The second-order valence-electron chi connectivity index (χ2n) is 5.25. The Labute approximate surface area is 87.8 Å². The first-order valence-electron chi connectivity index (χ1n) is 6.19. The summed E-state index contributed by atoms with van der Waals surface area (Å²) in [6, 6.07) is 0.709. The zero-order chi connectivity index (χ0) is 10.2. The molecule has 2 N–H and O–H groups in total. The normalized spacial score (nSPS) is 28.5. The Morgan fingerprint density at radius 2 is 1.86 bits per heavy atom. The molecule has 2 aliphatic rings. The van der Waals surface area contributed by atoms with Crippen molar-refractivity contribution in [2.75, 3.05) is 19.6 Å². The third-order valence-corrected chi connectivity index (χ3v) is 4.45. The van der Waals surface area contributed by atoms with E-state index in [-0.39, 0.29) is 0 Å². The van der Waals surface area contributed by atoms with Gasteiger partial charge < -0.3 is 5.73 Å². The number of hydrogen-bond acceptors (Lipinski definition) is 2. The fourth-order valence-corrected chi connectivity index (χ4v) is 2.87. The van der Waals surface area contributed by atoms with Crippen molar-refractivity contribution in [2.24, 2.45) is 17.1 Å². The first kappa shape index (κ1) is 10.4. The van der Waals surface area contributed by atoms with Gasteiger partial charge in [-0.1, -0.05) is 13.8 Å². The lowest BCUT2D eigenvalue weighted by Crippen LogP contribution is -2.61. The van der Waals surface area contributed by atoms with Gasteiger partial charge >= 0.3 is 0 Å². The molecule has 0 aromatic rings. The maximum atomic E-state index is 5.85. The standard InChI is InChI=1S/C12H24N2/c1-3-12(4-2)8-14(9-12)11(7-13)10-5-6-10/h10-11H,3-9,13H2,1-2H3. The largest absolute Gasteiger partial charge is 0.329 e. The molecule has 0 bridgehead atoms. The molecule has 1 atom stereocenters. The molecule has 1 heterocycles. The monoisotopic (exact) mass is 196 g/mol. The van der Waals surface area contributed by atoms with E-state index in [2.05, 4.69) is 18.7 Å². The Bertz CT molecular complexity index is 186.